The van der Waals surface area contributed by atoms with Crippen LogP contribution in [-0.2, 0) is 4.74 Å². The molecule has 1 heterocycles. The molecule has 4 nitrogen and oxygen atoms in total. The Morgan fingerprint density at radius 3 is 2.73 bits per heavy atom. The zero-order valence-corrected chi connectivity index (χ0v) is 8.82. The van der Waals surface area contributed by atoms with Crippen LogP contribution in [0.3, 0.4) is 0 Å². The van der Waals surface area contributed by atoms with Gasteiger partial charge in [0.2, 0.25) is 5.90 Å². The topological polar surface area (TPSA) is 40.0 Å². The van der Waals surface area contributed by atoms with Crippen molar-refractivity contribution < 1.29 is 14.2 Å². The molecule has 80 valence electrons. The number of nitrogens with zero attached hydrogens (tertiary/aromatic N) is 1. The van der Waals surface area contributed by atoms with Crippen LogP contribution < -0.4 is 9.47 Å². The van der Waals surface area contributed by atoms with Crippen molar-refractivity contribution in [3.05, 3.63) is 23.8 Å². The molecule has 0 aliphatic carbocycles. The lowest BCUT2D eigenvalue weighted by Crippen LogP contribution is -2.04. The Morgan fingerprint density at radius 2 is 2.13 bits per heavy atom. The van der Waals surface area contributed by atoms with Crippen LogP contribution in [0.15, 0.2) is 23.2 Å². The SMILES string of the molecule is COc1cccc(C2=NCCO2)c1OC. The quantitative estimate of drug-likeness (QED) is 0.753. The van der Waals surface area contributed by atoms with Crippen LogP contribution >= 0.6 is 0 Å². The normalized spacial score (nSPS) is 14.4. The van der Waals surface area contributed by atoms with Crippen molar-refractivity contribution in [2.24, 2.45) is 4.99 Å². The first-order valence-electron chi connectivity index (χ1n) is 4.75. The standard InChI is InChI=1S/C11H13NO3/c1-13-9-5-3-4-8(10(9)14-2)11-12-6-7-15-11/h3-5H,6-7H2,1-2H3. The van der Waals surface area contributed by atoms with Gasteiger partial charge in [0.1, 0.15) is 6.61 Å². The van der Waals surface area contributed by atoms with E-state index in [1.165, 1.54) is 0 Å². The van der Waals surface area contributed by atoms with E-state index in [9.17, 15) is 0 Å². The molecule has 0 amide bonds. The highest BCUT2D eigenvalue weighted by Gasteiger charge is 2.18. The van der Waals surface area contributed by atoms with Crippen LogP contribution in [0.5, 0.6) is 11.5 Å². The molecule has 0 saturated carbocycles. The zero-order chi connectivity index (χ0) is 10.7. The smallest absolute Gasteiger partial charge is 0.220 e. The molecular weight excluding hydrogens is 194 g/mol. The van der Waals surface area contributed by atoms with E-state index in [0.29, 0.717) is 30.5 Å². The average molecular weight is 207 g/mol. The van der Waals surface area contributed by atoms with Gasteiger partial charge in [0, 0.05) is 0 Å². The maximum absolute atomic E-state index is 5.40. The molecule has 0 aromatic heterocycles. The molecule has 0 atom stereocenters. The van der Waals surface area contributed by atoms with Crippen LogP contribution in [-0.4, -0.2) is 33.3 Å². The molecule has 0 spiro atoms. The van der Waals surface area contributed by atoms with Crippen molar-refractivity contribution >= 4 is 5.90 Å². The van der Waals surface area contributed by atoms with Gasteiger partial charge in [-0.3, -0.25) is 0 Å². The number of rotatable bonds is 3. The van der Waals surface area contributed by atoms with Gasteiger partial charge in [-0.25, -0.2) is 4.99 Å². The molecule has 15 heavy (non-hydrogen) atoms. The van der Waals surface area contributed by atoms with E-state index in [-0.39, 0.29) is 0 Å². The predicted molar refractivity (Wildman–Crippen MR) is 56.9 cm³/mol. The minimum Gasteiger partial charge on any atom is -0.493 e. The molecule has 4 heteroatoms. The first kappa shape index (κ1) is 9.83. The van der Waals surface area contributed by atoms with E-state index in [1.54, 1.807) is 14.2 Å². The number of para-hydroxylation sites is 1. The van der Waals surface area contributed by atoms with Crippen molar-refractivity contribution in [1.82, 2.24) is 0 Å². The molecular formula is C11H13NO3. The molecule has 0 saturated heterocycles. The predicted octanol–water partition coefficient (Wildman–Crippen LogP) is 1.48. The average Bonchev–Trinajstić information content (AvgIpc) is 2.81. The highest BCUT2D eigenvalue weighted by atomic mass is 16.5. The Morgan fingerprint density at radius 1 is 1.27 bits per heavy atom. The summed E-state index contributed by atoms with van der Waals surface area (Å²) in [5, 5.41) is 0. The van der Waals surface area contributed by atoms with Gasteiger partial charge < -0.3 is 14.2 Å². The second-order valence-corrected chi connectivity index (χ2v) is 3.08. The van der Waals surface area contributed by atoms with Gasteiger partial charge >= 0.3 is 0 Å². The van der Waals surface area contributed by atoms with Crippen LogP contribution in [0.2, 0.25) is 0 Å². The van der Waals surface area contributed by atoms with Crippen molar-refractivity contribution in [3.8, 4) is 11.5 Å². The van der Waals surface area contributed by atoms with Gasteiger partial charge in [-0.05, 0) is 12.1 Å². The molecule has 1 aromatic rings. The van der Waals surface area contributed by atoms with Gasteiger partial charge in [0.15, 0.2) is 11.5 Å². The minimum absolute atomic E-state index is 0.630. The summed E-state index contributed by atoms with van der Waals surface area (Å²) < 4.78 is 15.9. The molecule has 1 aliphatic rings. The van der Waals surface area contributed by atoms with Gasteiger partial charge in [-0.1, -0.05) is 6.07 Å². The number of benzene rings is 1. The van der Waals surface area contributed by atoms with Gasteiger partial charge in [-0.2, -0.15) is 0 Å². The fourth-order valence-electron chi connectivity index (χ4n) is 1.55. The maximum Gasteiger partial charge on any atom is 0.220 e. The zero-order valence-electron chi connectivity index (χ0n) is 8.82. The molecule has 0 fully saturated rings. The molecule has 0 unspecified atom stereocenters. The molecule has 0 radical (unpaired) electrons. The van der Waals surface area contributed by atoms with Crippen LogP contribution in [0.25, 0.3) is 0 Å². The highest BCUT2D eigenvalue weighted by Crippen LogP contribution is 2.31. The monoisotopic (exact) mass is 207 g/mol. The fourth-order valence-corrected chi connectivity index (χ4v) is 1.55. The van der Waals surface area contributed by atoms with Crippen LogP contribution in [0, 0.1) is 0 Å². The first-order valence-corrected chi connectivity index (χ1v) is 4.75. The Balaban J connectivity index is 2.45. The van der Waals surface area contributed by atoms with Gasteiger partial charge in [0.25, 0.3) is 0 Å². The Labute approximate surface area is 88.5 Å². The minimum atomic E-state index is 0.630. The van der Waals surface area contributed by atoms with Crippen molar-refractivity contribution in [3.63, 3.8) is 0 Å². The van der Waals surface area contributed by atoms with Crippen molar-refractivity contribution in [1.29, 1.82) is 0 Å². The second-order valence-electron chi connectivity index (χ2n) is 3.08. The summed E-state index contributed by atoms with van der Waals surface area (Å²) in [5.41, 5.74) is 0.842. The number of ether oxygens (including phenoxy) is 3. The summed E-state index contributed by atoms with van der Waals surface area (Å²) in [6.07, 6.45) is 0. The third-order valence-electron chi connectivity index (χ3n) is 2.22. The lowest BCUT2D eigenvalue weighted by molar-refractivity contribution is 0.337. The van der Waals surface area contributed by atoms with E-state index >= 15 is 0 Å². The van der Waals surface area contributed by atoms with E-state index in [1.807, 2.05) is 18.2 Å². The molecule has 0 bridgehead atoms. The molecule has 2 rings (SSSR count). The van der Waals surface area contributed by atoms with Gasteiger partial charge in [-0.15, -0.1) is 0 Å². The Bertz CT molecular complexity index is 387. The number of hydrogen-bond acceptors (Lipinski definition) is 4. The molecule has 1 aliphatic heterocycles. The summed E-state index contributed by atoms with van der Waals surface area (Å²) in [5.74, 6) is 1.99. The second kappa shape index (κ2) is 4.21. The lowest BCUT2D eigenvalue weighted by atomic mass is 10.2. The summed E-state index contributed by atoms with van der Waals surface area (Å²) >= 11 is 0. The number of hydrogen-bond donors (Lipinski definition) is 0. The first-order chi connectivity index (χ1) is 7.36. The third-order valence-corrected chi connectivity index (χ3v) is 2.22. The number of methoxy groups -OCH3 is 2. The largest absolute Gasteiger partial charge is 0.493 e. The van der Waals surface area contributed by atoms with E-state index in [0.717, 1.165) is 5.56 Å². The maximum atomic E-state index is 5.40. The van der Waals surface area contributed by atoms with Crippen molar-refractivity contribution in [2.45, 2.75) is 0 Å². The van der Waals surface area contributed by atoms with E-state index in [4.69, 9.17) is 14.2 Å². The molecule has 1 aromatic carbocycles. The summed E-state index contributed by atoms with van der Waals surface area (Å²) in [4.78, 5) is 4.25. The van der Waals surface area contributed by atoms with E-state index in [2.05, 4.69) is 4.99 Å². The number of aliphatic imine (C=N–C) groups is 1. The van der Waals surface area contributed by atoms with Crippen molar-refractivity contribution in [2.75, 3.05) is 27.4 Å². The van der Waals surface area contributed by atoms with Crippen LogP contribution in [0.4, 0.5) is 0 Å². The summed E-state index contributed by atoms with van der Waals surface area (Å²) in [7, 11) is 3.22. The fraction of sp³-hybridized carbons (Fsp3) is 0.364. The summed E-state index contributed by atoms with van der Waals surface area (Å²) in [6.45, 7) is 1.34. The molecule has 0 N–H and O–H groups in total. The van der Waals surface area contributed by atoms with Gasteiger partial charge in [0.05, 0.1) is 26.3 Å². The summed E-state index contributed by atoms with van der Waals surface area (Å²) in [6, 6.07) is 5.64. The van der Waals surface area contributed by atoms with Crippen LogP contribution in [0.1, 0.15) is 5.56 Å². The Hall–Kier alpha value is -1.71. The lowest BCUT2D eigenvalue weighted by Gasteiger charge is -2.11. The Kier molecular flexibility index (Phi) is 2.76. The van der Waals surface area contributed by atoms with E-state index < -0.39 is 0 Å². The third kappa shape index (κ3) is 1.75. The highest BCUT2D eigenvalue weighted by molar-refractivity contribution is 5.98.